The van der Waals surface area contributed by atoms with Crippen molar-refractivity contribution in [1.29, 1.82) is 0 Å². The summed E-state index contributed by atoms with van der Waals surface area (Å²) >= 11 is 0. The summed E-state index contributed by atoms with van der Waals surface area (Å²) in [7, 11) is 0. The molecule has 2 amide bonds. The van der Waals surface area contributed by atoms with Gasteiger partial charge in [0.25, 0.3) is 5.91 Å². The topological polar surface area (TPSA) is 85.1 Å². The summed E-state index contributed by atoms with van der Waals surface area (Å²) in [5.74, 6) is -1.36. The second kappa shape index (κ2) is 5.77. The van der Waals surface area contributed by atoms with E-state index in [1.807, 2.05) is 0 Å². The Morgan fingerprint density at radius 3 is 2.58 bits per heavy atom. The van der Waals surface area contributed by atoms with Crippen LogP contribution in [-0.4, -0.2) is 22.8 Å². The van der Waals surface area contributed by atoms with E-state index in [0.29, 0.717) is 25.7 Å². The highest BCUT2D eigenvalue weighted by Gasteiger charge is 2.25. The van der Waals surface area contributed by atoms with Crippen LogP contribution in [0.15, 0.2) is 18.3 Å². The highest BCUT2D eigenvalue weighted by atomic mass is 19.1. The first-order chi connectivity index (χ1) is 9.06. The Hall–Kier alpha value is -1.98. The maximum atomic E-state index is 12.9. The number of hydrogen-bond acceptors (Lipinski definition) is 3. The summed E-state index contributed by atoms with van der Waals surface area (Å²) < 4.78 is 12.9. The minimum absolute atomic E-state index is 0.0133. The third-order valence-electron chi connectivity index (χ3n) is 3.45. The van der Waals surface area contributed by atoms with Gasteiger partial charge in [0.05, 0.1) is 0 Å². The van der Waals surface area contributed by atoms with Gasteiger partial charge in [0.1, 0.15) is 0 Å². The number of primary amides is 1. The molecule has 0 unspecified atom stereocenters. The molecule has 2 rings (SSSR count). The highest BCUT2D eigenvalue weighted by Crippen LogP contribution is 2.24. The van der Waals surface area contributed by atoms with Gasteiger partial charge in [-0.05, 0) is 31.7 Å². The summed E-state index contributed by atoms with van der Waals surface area (Å²) in [6.07, 6.45) is 4.06. The van der Waals surface area contributed by atoms with Crippen molar-refractivity contribution in [3.05, 3.63) is 29.8 Å². The van der Waals surface area contributed by atoms with Crippen molar-refractivity contribution in [2.24, 2.45) is 11.7 Å². The van der Waals surface area contributed by atoms with E-state index in [1.165, 1.54) is 12.3 Å². The van der Waals surface area contributed by atoms with Crippen LogP contribution in [0.4, 0.5) is 4.39 Å². The molecule has 1 aliphatic carbocycles. The molecule has 19 heavy (non-hydrogen) atoms. The lowest BCUT2D eigenvalue weighted by Gasteiger charge is -2.27. The number of hydrogen-bond donors (Lipinski definition) is 2. The number of carbonyl (C=O) groups excluding carboxylic acids is 2. The molecule has 6 heteroatoms. The van der Waals surface area contributed by atoms with E-state index in [9.17, 15) is 14.0 Å². The summed E-state index contributed by atoms with van der Waals surface area (Å²) in [5.41, 5.74) is 5.50. The summed E-state index contributed by atoms with van der Waals surface area (Å²) in [6.45, 7) is 0. The van der Waals surface area contributed by atoms with Crippen molar-refractivity contribution >= 4 is 11.8 Å². The average Bonchev–Trinajstić information content (AvgIpc) is 2.39. The average molecular weight is 265 g/mol. The molecule has 0 aromatic carbocycles. The van der Waals surface area contributed by atoms with Gasteiger partial charge in [0, 0.05) is 29.8 Å². The zero-order valence-electron chi connectivity index (χ0n) is 10.4. The first-order valence-electron chi connectivity index (χ1n) is 6.28. The predicted molar refractivity (Wildman–Crippen MR) is 66.6 cm³/mol. The van der Waals surface area contributed by atoms with E-state index >= 15 is 0 Å². The summed E-state index contributed by atoms with van der Waals surface area (Å²) in [5, 5.41) is 2.84. The van der Waals surface area contributed by atoms with Gasteiger partial charge in [-0.1, -0.05) is 0 Å². The van der Waals surface area contributed by atoms with Crippen LogP contribution in [0.1, 0.15) is 36.0 Å². The first kappa shape index (κ1) is 13.5. The molecule has 0 saturated heterocycles. The largest absolute Gasteiger partial charge is 0.369 e. The fraction of sp³-hybridized carbons (Fsp3) is 0.462. The Morgan fingerprint density at radius 1 is 1.32 bits per heavy atom. The number of nitrogens with zero attached hydrogens (tertiary/aromatic N) is 1. The second-order valence-electron chi connectivity index (χ2n) is 4.79. The van der Waals surface area contributed by atoms with Crippen molar-refractivity contribution in [1.82, 2.24) is 10.3 Å². The lowest BCUT2D eigenvalue weighted by molar-refractivity contribution is -0.122. The molecule has 1 aromatic heterocycles. The maximum Gasteiger partial charge on any atom is 0.251 e. The molecule has 0 spiro atoms. The zero-order chi connectivity index (χ0) is 13.8. The van der Waals surface area contributed by atoms with Crippen LogP contribution in [0.3, 0.4) is 0 Å². The van der Waals surface area contributed by atoms with E-state index < -0.39 is 5.95 Å². The van der Waals surface area contributed by atoms with Gasteiger partial charge in [0.15, 0.2) is 0 Å². The fourth-order valence-electron chi connectivity index (χ4n) is 2.33. The van der Waals surface area contributed by atoms with E-state index in [1.54, 1.807) is 0 Å². The zero-order valence-corrected chi connectivity index (χ0v) is 10.4. The number of nitrogens with one attached hydrogen (secondary N) is 1. The predicted octanol–water partition coefficient (Wildman–Crippen LogP) is 0.995. The Kier molecular flexibility index (Phi) is 4.09. The van der Waals surface area contributed by atoms with Crippen LogP contribution in [0, 0.1) is 11.9 Å². The number of carbonyl (C=O) groups is 2. The minimum Gasteiger partial charge on any atom is -0.369 e. The van der Waals surface area contributed by atoms with Crippen LogP contribution in [0.25, 0.3) is 0 Å². The van der Waals surface area contributed by atoms with Crippen LogP contribution >= 0.6 is 0 Å². The molecule has 5 nitrogen and oxygen atoms in total. The minimum atomic E-state index is -0.676. The first-order valence-corrected chi connectivity index (χ1v) is 6.28. The summed E-state index contributed by atoms with van der Waals surface area (Å²) in [4.78, 5) is 26.3. The molecular weight excluding hydrogens is 249 g/mol. The number of halogens is 1. The van der Waals surface area contributed by atoms with Gasteiger partial charge >= 0.3 is 0 Å². The number of rotatable bonds is 3. The smallest absolute Gasteiger partial charge is 0.251 e. The molecule has 0 aliphatic heterocycles. The van der Waals surface area contributed by atoms with Gasteiger partial charge in [-0.3, -0.25) is 9.59 Å². The lowest BCUT2D eigenvalue weighted by Crippen LogP contribution is -2.39. The van der Waals surface area contributed by atoms with E-state index in [-0.39, 0.29) is 29.3 Å². The van der Waals surface area contributed by atoms with Crippen molar-refractivity contribution < 1.29 is 14.0 Å². The summed E-state index contributed by atoms with van der Waals surface area (Å²) in [6, 6.07) is 2.58. The van der Waals surface area contributed by atoms with Crippen molar-refractivity contribution in [2.45, 2.75) is 31.7 Å². The molecule has 1 aromatic rings. The second-order valence-corrected chi connectivity index (χ2v) is 4.79. The van der Waals surface area contributed by atoms with Crippen molar-refractivity contribution in [3.63, 3.8) is 0 Å². The highest BCUT2D eigenvalue weighted by molar-refractivity contribution is 5.94. The van der Waals surface area contributed by atoms with Crippen molar-refractivity contribution in [2.75, 3.05) is 0 Å². The quantitative estimate of drug-likeness (QED) is 0.799. The molecule has 1 fully saturated rings. The molecule has 0 bridgehead atoms. The van der Waals surface area contributed by atoms with Gasteiger partial charge < -0.3 is 11.1 Å². The molecule has 1 heterocycles. The fourth-order valence-corrected chi connectivity index (χ4v) is 2.33. The standard InChI is InChI=1S/C13H16FN3O2/c14-11-7-9(5-6-16-11)13(19)17-10-3-1-8(2-4-10)12(15)18/h5-8,10H,1-4H2,(H2,15,18)(H,17,19). The molecule has 3 N–H and O–H groups in total. The number of pyridine rings is 1. The number of amides is 2. The Labute approximate surface area is 110 Å². The number of nitrogens with two attached hydrogens (primary N) is 1. The number of aromatic nitrogens is 1. The molecule has 1 saturated carbocycles. The van der Waals surface area contributed by atoms with Gasteiger partial charge in [-0.15, -0.1) is 0 Å². The van der Waals surface area contributed by atoms with Crippen LogP contribution in [0.2, 0.25) is 0 Å². The van der Waals surface area contributed by atoms with Gasteiger partial charge in [-0.2, -0.15) is 4.39 Å². The molecule has 0 radical (unpaired) electrons. The SMILES string of the molecule is NC(=O)C1CCC(NC(=O)c2ccnc(F)c2)CC1. The lowest BCUT2D eigenvalue weighted by atomic mass is 9.85. The Bertz CT molecular complexity index is 485. The maximum absolute atomic E-state index is 12.9. The molecule has 102 valence electrons. The normalized spacial score (nSPS) is 22.8. The monoisotopic (exact) mass is 265 g/mol. The molecule has 0 atom stereocenters. The van der Waals surface area contributed by atoms with Crippen LogP contribution < -0.4 is 11.1 Å². The Balaban J connectivity index is 1.89. The van der Waals surface area contributed by atoms with E-state index in [2.05, 4.69) is 10.3 Å². The van der Waals surface area contributed by atoms with Crippen LogP contribution in [0.5, 0.6) is 0 Å². The van der Waals surface area contributed by atoms with E-state index in [4.69, 9.17) is 5.73 Å². The van der Waals surface area contributed by atoms with Crippen LogP contribution in [-0.2, 0) is 4.79 Å². The third-order valence-corrected chi connectivity index (χ3v) is 3.45. The molecular formula is C13H16FN3O2. The van der Waals surface area contributed by atoms with Gasteiger partial charge in [0.2, 0.25) is 11.9 Å². The third kappa shape index (κ3) is 3.49. The van der Waals surface area contributed by atoms with E-state index in [0.717, 1.165) is 6.07 Å². The molecule has 1 aliphatic rings. The Morgan fingerprint density at radius 2 is 2.00 bits per heavy atom. The van der Waals surface area contributed by atoms with Crippen molar-refractivity contribution in [3.8, 4) is 0 Å². The van der Waals surface area contributed by atoms with Gasteiger partial charge in [-0.25, -0.2) is 4.98 Å².